The Kier molecular flexibility index (Phi) is 1.67. The first-order chi connectivity index (χ1) is 3.70. The molecule has 8 heavy (non-hydrogen) atoms. The van der Waals surface area contributed by atoms with Crippen LogP contribution < -0.4 is 0 Å². The topological polar surface area (TPSA) is 15.4 Å². The maximum absolute atomic E-state index is 5.56. The minimum atomic E-state index is 0.564. The van der Waals surface area contributed by atoms with Crippen molar-refractivity contribution in [3.8, 4) is 0 Å². The van der Waals surface area contributed by atoms with Crippen LogP contribution in [0, 0.1) is 0 Å². The minimum absolute atomic E-state index is 0.564. The van der Waals surface area contributed by atoms with E-state index in [4.69, 9.17) is 11.6 Å². The summed E-state index contributed by atoms with van der Waals surface area (Å²) in [7, 11) is 0. The molecule has 0 fully saturated rings. The summed E-state index contributed by atoms with van der Waals surface area (Å²) >= 11 is 7.63. The van der Waals surface area contributed by atoms with E-state index in [9.17, 15) is 0 Å². The van der Waals surface area contributed by atoms with Crippen LogP contribution in [0.1, 0.15) is 0 Å². The van der Waals surface area contributed by atoms with Gasteiger partial charge in [0.2, 0.25) is 0 Å². The van der Waals surface area contributed by atoms with Gasteiger partial charge in [0.05, 0.1) is 6.08 Å². The van der Waals surface area contributed by atoms with Crippen LogP contribution in [0.3, 0.4) is 0 Å². The van der Waals surface area contributed by atoms with E-state index in [0.29, 0.717) is 5.16 Å². The van der Waals surface area contributed by atoms with Gasteiger partial charge >= 0.3 is 5.16 Å². The second-order valence-electron chi connectivity index (χ2n) is 1.29. The summed E-state index contributed by atoms with van der Waals surface area (Å²) in [6.45, 7) is 3.51. The fourth-order valence-electron chi connectivity index (χ4n) is 0.365. The van der Waals surface area contributed by atoms with Crippen LogP contribution in [0.2, 0.25) is 0 Å². The van der Waals surface area contributed by atoms with Crippen LogP contribution in [0.15, 0.2) is 16.3 Å². The molecule has 0 radical (unpaired) electrons. The zero-order valence-electron chi connectivity index (χ0n) is 3.93. The molecule has 0 aliphatic carbocycles. The Labute approximate surface area is 65.7 Å². The predicted molar refractivity (Wildman–Crippen MR) is 42.8 cm³/mol. The van der Waals surface area contributed by atoms with Gasteiger partial charge in [-0.15, -0.1) is 0 Å². The molecule has 0 bridgehead atoms. The Balaban J connectivity index is 2.95. The van der Waals surface area contributed by atoms with Gasteiger partial charge in [0.1, 0.15) is 0 Å². The number of hydrogen-bond donors (Lipinski definition) is 0. The first kappa shape index (κ1) is 6.22. The van der Waals surface area contributed by atoms with E-state index in [-0.39, 0.29) is 0 Å². The zero-order chi connectivity index (χ0) is 6.15. The molecule has 4 heteroatoms. The van der Waals surface area contributed by atoms with Crippen LogP contribution in [-0.2, 0) is 0 Å². The molecule has 1 aliphatic heterocycles. The number of allylic oxidation sites excluding steroid dienone is 1. The second-order valence-corrected chi connectivity index (χ2v) is 2.78. The van der Waals surface area contributed by atoms with E-state index >= 15 is 0 Å². The molecule has 0 saturated heterocycles. The van der Waals surface area contributed by atoms with Crippen molar-refractivity contribution in [3.63, 3.8) is 0 Å². The van der Waals surface area contributed by atoms with Crippen molar-refractivity contribution in [3.05, 3.63) is 11.2 Å². The molecular formula is C4H3ClIN2+. The lowest BCUT2D eigenvalue weighted by molar-refractivity contribution is -0.456. The number of nitrogens with zero attached hydrogens (tertiary/aromatic N) is 2. The lowest BCUT2D eigenvalue weighted by Gasteiger charge is -1.74. The summed E-state index contributed by atoms with van der Waals surface area (Å²) in [5, 5.41) is 4.44. The van der Waals surface area contributed by atoms with E-state index < -0.39 is 0 Å². The molecule has 0 spiro atoms. The molecule has 2 nitrogen and oxygen atoms in total. The standard InChI is InChI=1S/C4H3ClIN2/c1-8-3(5)2-4(6)7-8/h2H,1H2/q+1. The molecule has 1 rings (SSSR count). The Bertz CT molecular complexity index is 191. The lowest BCUT2D eigenvalue weighted by Crippen LogP contribution is -1.88. The molecule has 0 aromatic rings. The van der Waals surface area contributed by atoms with Gasteiger partial charge in [-0.25, -0.2) is 0 Å². The molecule has 0 aromatic carbocycles. The molecule has 0 aromatic heterocycles. The molecule has 0 saturated carbocycles. The fraction of sp³-hybridized carbons (Fsp3) is 0. The highest BCUT2D eigenvalue weighted by molar-refractivity contribution is 14.1. The Morgan fingerprint density at radius 1 is 1.88 bits per heavy atom. The smallest absolute Gasteiger partial charge is 0.0471 e. The highest BCUT2D eigenvalue weighted by atomic mass is 127. The van der Waals surface area contributed by atoms with Gasteiger partial charge in [-0.1, -0.05) is 0 Å². The summed E-state index contributed by atoms with van der Waals surface area (Å²) in [6, 6.07) is 0. The van der Waals surface area contributed by atoms with E-state index in [1.54, 1.807) is 6.08 Å². The summed E-state index contributed by atoms with van der Waals surface area (Å²) in [5.41, 5.74) is 0. The molecule has 0 atom stereocenters. The molecule has 0 amide bonds. The molecule has 0 unspecified atom stereocenters. The van der Waals surface area contributed by atoms with E-state index in [1.807, 2.05) is 0 Å². The van der Waals surface area contributed by atoms with Crippen molar-refractivity contribution in [2.24, 2.45) is 5.10 Å². The highest BCUT2D eigenvalue weighted by Crippen LogP contribution is 2.12. The van der Waals surface area contributed by atoms with Crippen LogP contribution in [0.25, 0.3) is 0 Å². The molecular weight excluding hydrogens is 238 g/mol. The fourth-order valence-corrected chi connectivity index (χ4v) is 1.25. The number of rotatable bonds is 0. The van der Waals surface area contributed by atoms with Crippen molar-refractivity contribution in [1.29, 1.82) is 0 Å². The van der Waals surface area contributed by atoms with Crippen molar-refractivity contribution in [2.45, 2.75) is 0 Å². The van der Waals surface area contributed by atoms with Crippen molar-refractivity contribution >= 4 is 44.6 Å². The average Bonchev–Trinajstić information content (AvgIpc) is 1.85. The van der Waals surface area contributed by atoms with Gasteiger partial charge in [0, 0.05) is 5.10 Å². The number of hydrogen-bond acceptors (Lipinski definition) is 1. The van der Waals surface area contributed by atoms with Crippen molar-refractivity contribution in [1.82, 2.24) is 0 Å². The van der Waals surface area contributed by atoms with Gasteiger partial charge < -0.3 is 0 Å². The quantitative estimate of drug-likeness (QED) is 0.347. The maximum Gasteiger partial charge on any atom is 0.308 e. The highest BCUT2D eigenvalue weighted by Gasteiger charge is 2.15. The van der Waals surface area contributed by atoms with Crippen LogP contribution in [0.4, 0.5) is 0 Å². The van der Waals surface area contributed by atoms with Crippen LogP contribution in [-0.4, -0.2) is 15.1 Å². The van der Waals surface area contributed by atoms with Gasteiger partial charge in [-0.3, -0.25) is 0 Å². The predicted octanol–water partition coefficient (Wildman–Crippen LogP) is 1.54. The summed E-state index contributed by atoms with van der Waals surface area (Å²) in [4.78, 5) is 0. The third-order valence-corrected chi connectivity index (χ3v) is 1.53. The van der Waals surface area contributed by atoms with Crippen molar-refractivity contribution in [2.75, 3.05) is 0 Å². The minimum Gasteiger partial charge on any atom is -0.0471 e. The van der Waals surface area contributed by atoms with Crippen molar-refractivity contribution < 1.29 is 4.68 Å². The first-order valence-electron chi connectivity index (χ1n) is 1.92. The largest absolute Gasteiger partial charge is 0.308 e. The van der Waals surface area contributed by atoms with Gasteiger partial charge in [-0.05, 0) is 38.9 Å². The monoisotopic (exact) mass is 241 g/mol. The Hall–Kier alpha value is 0.1000. The maximum atomic E-state index is 5.56. The molecule has 42 valence electrons. The second kappa shape index (κ2) is 2.14. The SMILES string of the molecule is C=[N+]1N=C(I)C=C1Cl. The van der Waals surface area contributed by atoms with Gasteiger partial charge in [0.15, 0.2) is 10.4 Å². The number of halogens is 2. The van der Waals surface area contributed by atoms with E-state index in [1.165, 1.54) is 4.68 Å². The average molecular weight is 241 g/mol. The summed E-state index contributed by atoms with van der Waals surface area (Å²) in [5.74, 6) is 0. The Morgan fingerprint density at radius 2 is 2.50 bits per heavy atom. The molecule has 0 N–H and O–H groups in total. The van der Waals surface area contributed by atoms with Gasteiger partial charge in [-0.2, -0.15) is 0 Å². The first-order valence-corrected chi connectivity index (χ1v) is 3.38. The normalized spacial score (nSPS) is 18.5. The third-order valence-electron chi connectivity index (χ3n) is 0.701. The summed E-state index contributed by atoms with van der Waals surface area (Å²) < 4.78 is 2.24. The van der Waals surface area contributed by atoms with Crippen LogP contribution in [0.5, 0.6) is 0 Å². The molecule has 1 aliphatic rings. The zero-order valence-corrected chi connectivity index (χ0v) is 6.85. The van der Waals surface area contributed by atoms with Crippen LogP contribution >= 0.6 is 34.2 Å². The van der Waals surface area contributed by atoms with Gasteiger partial charge in [0.25, 0.3) is 0 Å². The summed E-state index contributed by atoms with van der Waals surface area (Å²) in [6.07, 6.45) is 1.75. The molecule has 1 heterocycles. The lowest BCUT2D eigenvalue weighted by atomic mass is 10.7. The Morgan fingerprint density at radius 3 is 2.62 bits per heavy atom. The van der Waals surface area contributed by atoms with E-state index in [0.717, 1.165) is 3.72 Å². The third kappa shape index (κ3) is 1.08. The number of hydrazone groups is 1. The van der Waals surface area contributed by atoms with E-state index in [2.05, 4.69) is 34.4 Å².